The van der Waals surface area contributed by atoms with Crippen LogP contribution in [0, 0.1) is 19.8 Å². The molecule has 0 spiro atoms. The molecule has 23 heavy (non-hydrogen) atoms. The Hall–Kier alpha value is -1.40. The highest BCUT2D eigenvalue weighted by atomic mass is 32.1. The molecule has 3 heterocycles. The van der Waals surface area contributed by atoms with Crippen molar-refractivity contribution in [3.05, 3.63) is 33.0 Å². The van der Waals surface area contributed by atoms with E-state index < -0.39 is 0 Å². The van der Waals surface area contributed by atoms with E-state index in [0.717, 1.165) is 43.4 Å². The lowest BCUT2D eigenvalue weighted by Gasteiger charge is -2.34. The second-order valence-electron chi connectivity index (χ2n) is 6.48. The highest BCUT2D eigenvalue weighted by molar-refractivity contribution is 7.13. The second-order valence-corrected chi connectivity index (χ2v) is 8.64. The van der Waals surface area contributed by atoms with Crippen molar-refractivity contribution < 1.29 is 4.79 Å². The van der Waals surface area contributed by atoms with E-state index in [4.69, 9.17) is 0 Å². The number of carbonyl (C=O) groups is 1. The van der Waals surface area contributed by atoms with Crippen LogP contribution in [-0.2, 0) is 4.79 Å². The Morgan fingerprint density at radius 2 is 2.00 bits per heavy atom. The molecular weight excluding hydrogens is 326 g/mol. The van der Waals surface area contributed by atoms with Gasteiger partial charge in [0.05, 0.1) is 5.69 Å². The van der Waals surface area contributed by atoms with Gasteiger partial charge in [0.15, 0.2) is 5.13 Å². The number of rotatable bonds is 3. The Morgan fingerprint density at radius 3 is 2.61 bits per heavy atom. The number of anilines is 1. The predicted molar refractivity (Wildman–Crippen MR) is 95.5 cm³/mol. The number of thiazole rings is 1. The number of thiophene rings is 1. The van der Waals surface area contributed by atoms with Gasteiger partial charge >= 0.3 is 0 Å². The van der Waals surface area contributed by atoms with Crippen LogP contribution >= 0.6 is 22.7 Å². The Labute approximate surface area is 144 Å². The molecule has 1 saturated carbocycles. The number of hydrogen-bond donors (Lipinski definition) is 0. The molecule has 2 aromatic heterocycles. The summed E-state index contributed by atoms with van der Waals surface area (Å²) in [5, 5.41) is 3.18. The lowest BCUT2D eigenvalue weighted by Crippen LogP contribution is -2.49. The number of hydrogen-bond acceptors (Lipinski definition) is 5. The smallest absolute Gasteiger partial charge is 0.226 e. The number of amides is 1. The largest absolute Gasteiger partial charge is 0.345 e. The topological polar surface area (TPSA) is 36.4 Å². The third-order valence-electron chi connectivity index (χ3n) is 4.70. The van der Waals surface area contributed by atoms with E-state index in [1.165, 1.54) is 9.75 Å². The van der Waals surface area contributed by atoms with E-state index in [0.29, 0.717) is 11.8 Å². The molecule has 2 aromatic rings. The first-order valence-electron chi connectivity index (χ1n) is 8.14. The molecular formula is C17H21N3OS2. The molecule has 0 bridgehead atoms. The maximum atomic E-state index is 12.7. The van der Waals surface area contributed by atoms with Gasteiger partial charge in [-0.25, -0.2) is 4.98 Å². The number of aromatic nitrogens is 1. The molecule has 1 saturated heterocycles. The van der Waals surface area contributed by atoms with Crippen LogP contribution in [0.1, 0.15) is 27.8 Å². The Bertz CT molecular complexity index is 715. The lowest BCUT2D eigenvalue weighted by atomic mass is 10.2. The van der Waals surface area contributed by atoms with Crippen LogP contribution in [0.3, 0.4) is 0 Å². The van der Waals surface area contributed by atoms with E-state index in [9.17, 15) is 4.79 Å². The van der Waals surface area contributed by atoms with Crippen molar-refractivity contribution >= 4 is 33.7 Å². The Morgan fingerprint density at radius 1 is 1.22 bits per heavy atom. The minimum atomic E-state index is 0.224. The van der Waals surface area contributed by atoms with Crippen molar-refractivity contribution in [1.29, 1.82) is 0 Å². The van der Waals surface area contributed by atoms with Crippen molar-refractivity contribution in [2.24, 2.45) is 5.92 Å². The van der Waals surface area contributed by atoms with Gasteiger partial charge in [0.25, 0.3) is 0 Å². The summed E-state index contributed by atoms with van der Waals surface area (Å²) in [6, 6.07) is 4.36. The fraction of sp³-hybridized carbons (Fsp3) is 0.529. The summed E-state index contributed by atoms with van der Waals surface area (Å²) in [5.41, 5.74) is 1.08. The van der Waals surface area contributed by atoms with Gasteiger partial charge in [0, 0.05) is 53.1 Å². The Balaban J connectivity index is 1.33. The van der Waals surface area contributed by atoms with Gasteiger partial charge in [0.2, 0.25) is 5.91 Å². The first-order valence-corrected chi connectivity index (χ1v) is 9.83. The minimum absolute atomic E-state index is 0.224. The summed E-state index contributed by atoms with van der Waals surface area (Å²) >= 11 is 3.54. The SMILES string of the molecule is Cc1csc(N2CCN(C(=O)[C@H]3C[C@@H]3c3ccc(C)s3)CC2)n1. The van der Waals surface area contributed by atoms with Crippen LogP contribution in [0.4, 0.5) is 5.13 Å². The van der Waals surface area contributed by atoms with Crippen LogP contribution in [0.25, 0.3) is 0 Å². The van der Waals surface area contributed by atoms with Crippen molar-refractivity contribution in [3.8, 4) is 0 Å². The molecule has 2 atom stereocenters. The van der Waals surface area contributed by atoms with Crippen LogP contribution in [0.15, 0.2) is 17.5 Å². The standard InChI is InChI=1S/C17H21N3OS2/c1-11-10-22-17(18-11)20-7-5-19(6-8-20)16(21)14-9-13(14)15-4-3-12(2)23-15/h3-4,10,13-14H,5-9H2,1-2H3/t13-,14-/m0/s1. The zero-order valence-corrected chi connectivity index (χ0v) is 15.1. The number of carbonyl (C=O) groups excluding carboxylic acids is 1. The zero-order chi connectivity index (χ0) is 16.0. The predicted octanol–water partition coefficient (Wildman–Crippen LogP) is 3.27. The highest BCUT2D eigenvalue weighted by Gasteiger charge is 2.46. The fourth-order valence-corrected chi connectivity index (χ4v) is 5.19. The minimum Gasteiger partial charge on any atom is -0.345 e. The van der Waals surface area contributed by atoms with E-state index in [2.05, 4.69) is 39.2 Å². The maximum absolute atomic E-state index is 12.7. The summed E-state index contributed by atoms with van der Waals surface area (Å²) in [4.78, 5) is 24.3. The average Bonchev–Trinajstić information content (AvgIpc) is 3.05. The maximum Gasteiger partial charge on any atom is 0.226 e. The molecule has 1 amide bonds. The molecule has 0 radical (unpaired) electrons. The van der Waals surface area contributed by atoms with Crippen molar-refractivity contribution in [2.45, 2.75) is 26.2 Å². The third kappa shape index (κ3) is 3.02. The lowest BCUT2D eigenvalue weighted by molar-refractivity contribution is -0.132. The van der Waals surface area contributed by atoms with Crippen LogP contribution in [0.5, 0.6) is 0 Å². The summed E-state index contributed by atoms with van der Waals surface area (Å²) in [5.74, 6) is 1.05. The van der Waals surface area contributed by atoms with Gasteiger partial charge in [-0.1, -0.05) is 0 Å². The summed E-state index contributed by atoms with van der Waals surface area (Å²) in [7, 11) is 0. The fourth-order valence-electron chi connectivity index (χ4n) is 3.27. The van der Waals surface area contributed by atoms with E-state index >= 15 is 0 Å². The van der Waals surface area contributed by atoms with Crippen molar-refractivity contribution in [2.75, 3.05) is 31.1 Å². The van der Waals surface area contributed by atoms with Gasteiger partial charge in [-0.3, -0.25) is 4.79 Å². The molecule has 0 aromatic carbocycles. The quantitative estimate of drug-likeness (QED) is 0.855. The molecule has 6 heteroatoms. The number of nitrogens with zero attached hydrogens (tertiary/aromatic N) is 3. The Kier molecular flexibility index (Phi) is 3.89. The van der Waals surface area contributed by atoms with Crippen molar-refractivity contribution in [3.63, 3.8) is 0 Å². The van der Waals surface area contributed by atoms with Crippen LogP contribution in [-0.4, -0.2) is 42.0 Å². The second kappa shape index (κ2) is 5.91. The molecule has 0 N–H and O–H groups in total. The van der Waals surface area contributed by atoms with Gasteiger partial charge in [-0.05, 0) is 32.4 Å². The monoisotopic (exact) mass is 347 g/mol. The highest BCUT2D eigenvalue weighted by Crippen LogP contribution is 2.50. The van der Waals surface area contributed by atoms with Crippen molar-refractivity contribution in [1.82, 2.24) is 9.88 Å². The normalized spacial score (nSPS) is 24.1. The third-order valence-corrected chi connectivity index (χ3v) is 6.85. The summed E-state index contributed by atoms with van der Waals surface area (Å²) in [6.07, 6.45) is 1.03. The molecule has 0 unspecified atom stereocenters. The van der Waals surface area contributed by atoms with Gasteiger partial charge in [-0.15, -0.1) is 22.7 Å². The molecule has 2 aliphatic rings. The first-order chi connectivity index (χ1) is 11.1. The molecule has 2 fully saturated rings. The van der Waals surface area contributed by atoms with E-state index in [1.54, 1.807) is 11.3 Å². The van der Waals surface area contributed by atoms with Crippen LogP contribution < -0.4 is 4.90 Å². The zero-order valence-electron chi connectivity index (χ0n) is 13.5. The average molecular weight is 348 g/mol. The van der Waals surface area contributed by atoms with E-state index in [1.807, 2.05) is 18.3 Å². The molecule has 1 aliphatic carbocycles. The number of aryl methyl sites for hydroxylation is 2. The van der Waals surface area contributed by atoms with Gasteiger partial charge in [0.1, 0.15) is 0 Å². The van der Waals surface area contributed by atoms with Gasteiger partial charge in [-0.2, -0.15) is 0 Å². The molecule has 4 rings (SSSR count). The van der Waals surface area contributed by atoms with Gasteiger partial charge < -0.3 is 9.80 Å². The first kappa shape index (κ1) is 15.1. The molecule has 1 aliphatic heterocycles. The molecule has 122 valence electrons. The number of piperazine rings is 1. The van der Waals surface area contributed by atoms with E-state index in [-0.39, 0.29) is 5.92 Å². The molecule has 4 nitrogen and oxygen atoms in total. The summed E-state index contributed by atoms with van der Waals surface area (Å²) in [6.45, 7) is 7.60. The van der Waals surface area contributed by atoms with Crippen LogP contribution in [0.2, 0.25) is 0 Å². The summed E-state index contributed by atoms with van der Waals surface area (Å²) < 4.78 is 0.